The van der Waals surface area contributed by atoms with E-state index in [-0.39, 0.29) is 23.8 Å². The van der Waals surface area contributed by atoms with E-state index in [9.17, 15) is 9.18 Å². The Morgan fingerprint density at radius 1 is 1.30 bits per heavy atom. The van der Waals surface area contributed by atoms with Gasteiger partial charge < -0.3 is 15.0 Å². The van der Waals surface area contributed by atoms with E-state index < -0.39 is 0 Å². The van der Waals surface area contributed by atoms with E-state index in [1.807, 2.05) is 29.2 Å². The molecule has 0 aliphatic carbocycles. The van der Waals surface area contributed by atoms with Crippen molar-refractivity contribution in [3.8, 4) is 5.75 Å². The molecular weight excluding hydrogens is 343 g/mol. The Kier molecular flexibility index (Phi) is 5.51. The van der Waals surface area contributed by atoms with E-state index in [0.717, 1.165) is 29.0 Å². The van der Waals surface area contributed by atoms with E-state index in [1.165, 1.54) is 12.1 Å². The molecule has 0 spiro atoms. The highest BCUT2D eigenvalue weighted by molar-refractivity contribution is 5.97. The maximum Gasteiger partial charge on any atom is 0.241 e. The second-order valence-corrected chi connectivity index (χ2v) is 7.80. The molecule has 0 saturated carbocycles. The number of nitrogens with one attached hydrogen (secondary N) is 1. The molecule has 144 valence electrons. The van der Waals surface area contributed by atoms with Crippen molar-refractivity contribution >= 4 is 11.6 Å². The lowest BCUT2D eigenvalue weighted by atomic mass is 9.80. The minimum atomic E-state index is -0.279. The Hall–Kier alpha value is -2.40. The number of ether oxygens (including phenoxy) is 1. The molecule has 1 unspecified atom stereocenters. The molecule has 0 fully saturated rings. The van der Waals surface area contributed by atoms with E-state index in [4.69, 9.17) is 4.74 Å². The number of hydrogen-bond acceptors (Lipinski definition) is 3. The van der Waals surface area contributed by atoms with Crippen LogP contribution in [0.3, 0.4) is 0 Å². The Balaban J connectivity index is 1.77. The third-order valence-corrected chi connectivity index (χ3v) is 5.16. The maximum atomic E-state index is 13.3. The molecule has 4 nitrogen and oxygen atoms in total. The summed E-state index contributed by atoms with van der Waals surface area (Å²) in [6.45, 7) is 7.02. The number of amides is 1. The first-order valence-corrected chi connectivity index (χ1v) is 9.28. The van der Waals surface area contributed by atoms with Gasteiger partial charge >= 0.3 is 0 Å². The minimum absolute atomic E-state index is 0.00900. The summed E-state index contributed by atoms with van der Waals surface area (Å²) in [5, 5.41) is 3.15. The van der Waals surface area contributed by atoms with Gasteiger partial charge in [0.1, 0.15) is 11.6 Å². The smallest absolute Gasteiger partial charge is 0.241 e. The first-order valence-electron chi connectivity index (χ1n) is 9.28. The van der Waals surface area contributed by atoms with Gasteiger partial charge in [0.05, 0.1) is 13.7 Å². The second kappa shape index (κ2) is 7.69. The van der Waals surface area contributed by atoms with Crippen LogP contribution in [0, 0.1) is 5.82 Å². The van der Waals surface area contributed by atoms with Gasteiger partial charge in [0, 0.05) is 17.8 Å². The highest BCUT2D eigenvalue weighted by Gasteiger charge is 2.39. The van der Waals surface area contributed by atoms with Crippen LogP contribution in [0.25, 0.3) is 0 Å². The van der Waals surface area contributed by atoms with Gasteiger partial charge in [0.15, 0.2) is 0 Å². The van der Waals surface area contributed by atoms with Gasteiger partial charge in [-0.15, -0.1) is 0 Å². The Morgan fingerprint density at radius 3 is 2.78 bits per heavy atom. The summed E-state index contributed by atoms with van der Waals surface area (Å²) >= 11 is 0. The topological polar surface area (TPSA) is 41.6 Å². The summed E-state index contributed by atoms with van der Waals surface area (Å²) in [4.78, 5) is 14.9. The SMILES string of the molecule is COc1ccc2c(c1)C(C)CC(C)(C)N2C(=O)CNCc1cccc(F)c1. The van der Waals surface area contributed by atoms with E-state index in [0.29, 0.717) is 12.5 Å². The molecule has 3 rings (SSSR count). The van der Waals surface area contributed by atoms with Crippen molar-refractivity contribution in [1.29, 1.82) is 0 Å². The van der Waals surface area contributed by atoms with Crippen molar-refractivity contribution in [2.75, 3.05) is 18.6 Å². The van der Waals surface area contributed by atoms with Crippen molar-refractivity contribution in [1.82, 2.24) is 5.32 Å². The number of carbonyl (C=O) groups is 1. The Labute approximate surface area is 160 Å². The number of rotatable bonds is 5. The first kappa shape index (κ1) is 19.4. The number of halogens is 1. The molecule has 1 N–H and O–H groups in total. The number of methoxy groups -OCH3 is 1. The summed E-state index contributed by atoms with van der Waals surface area (Å²) < 4.78 is 18.6. The maximum absolute atomic E-state index is 13.3. The van der Waals surface area contributed by atoms with Gasteiger partial charge in [-0.05, 0) is 67.6 Å². The van der Waals surface area contributed by atoms with Crippen LogP contribution in [0.2, 0.25) is 0 Å². The van der Waals surface area contributed by atoms with Crippen LogP contribution >= 0.6 is 0 Å². The van der Waals surface area contributed by atoms with E-state index >= 15 is 0 Å². The number of hydrogen-bond donors (Lipinski definition) is 1. The third kappa shape index (κ3) is 4.14. The molecule has 27 heavy (non-hydrogen) atoms. The molecule has 1 aliphatic heterocycles. The molecule has 2 aromatic rings. The van der Waals surface area contributed by atoms with Gasteiger partial charge in [-0.25, -0.2) is 4.39 Å². The van der Waals surface area contributed by atoms with Crippen molar-refractivity contribution in [3.05, 3.63) is 59.4 Å². The van der Waals surface area contributed by atoms with Gasteiger partial charge in [-0.3, -0.25) is 4.79 Å². The normalized spacial score (nSPS) is 18.1. The van der Waals surface area contributed by atoms with E-state index in [1.54, 1.807) is 13.2 Å². The fourth-order valence-electron chi connectivity index (χ4n) is 4.05. The molecule has 1 amide bonds. The molecule has 1 heterocycles. The van der Waals surface area contributed by atoms with Gasteiger partial charge in [-0.2, -0.15) is 0 Å². The van der Waals surface area contributed by atoms with Gasteiger partial charge in [-0.1, -0.05) is 19.1 Å². The Bertz CT molecular complexity index is 835. The zero-order chi connectivity index (χ0) is 19.6. The van der Waals surface area contributed by atoms with Crippen LogP contribution < -0.4 is 15.0 Å². The molecular formula is C22H27FN2O2. The van der Waals surface area contributed by atoms with Crippen molar-refractivity contribution in [2.45, 2.75) is 45.2 Å². The Morgan fingerprint density at radius 2 is 2.07 bits per heavy atom. The monoisotopic (exact) mass is 370 g/mol. The zero-order valence-electron chi connectivity index (χ0n) is 16.4. The number of carbonyl (C=O) groups excluding carboxylic acids is 1. The largest absolute Gasteiger partial charge is 0.497 e. The fourth-order valence-corrected chi connectivity index (χ4v) is 4.05. The summed E-state index contributed by atoms with van der Waals surface area (Å²) in [7, 11) is 1.65. The predicted molar refractivity (Wildman–Crippen MR) is 106 cm³/mol. The molecule has 1 aliphatic rings. The standard InChI is InChI=1S/C22H27FN2O2/c1-15-12-22(2,3)25(20-9-8-18(27-4)11-19(15)20)21(26)14-24-13-16-6-5-7-17(23)10-16/h5-11,15,24H,12-14H2,1-4H3. The number of fused-ring (bicyclic) bond motifs is 1. The fraction of sp³-hybridized carbons (Fsp3) is 0.409. The number of anilines is 1. The summed E-state index contributed by atoms with van der Waals surface area (Å²) in [6.07, 6.45) is 0.878. The first-order chi connectivity index (χ1) is 12.8. The predicted octanol–water partition coefficient (Wildman–Crippen LogP) is 4.24. The van der Waals surface area contributed by atoms with E-state index in [2.05, 4.69) is 26.1 Å². The van der Waals surface area contributed by atoms with Crippen LogP contribution in [0.4, 0.5) is 10.1 Å². The lowest BCUT2D eigenvalue weighted by Gasteiger charge is -2.46. The summed E-state index contributed by atoms with van der Waals surface area (Å²) in [5.41, 5.74) is 2.61. The minimum Gasteiger partial charge on any atom is -0.497 e. The van der Waals surface area contributed by atoms with Gasteiger partial charge in [0.25, 0.3) is 0 Å². The number of nitrogens with zero attached hydrogens (tertiary/aromatic N) is 1. The quantitative estimate of drug-likeness (QED) is 0.856. The average Bonchev–Trinajstić information content (AvgIpc) is 2.61. The highest BCUT2D eigenvalue weighted by Crippen LogP contribution is 2.44. The van der Waals surface area contributed by atoms with Crippen LogP contribution in [-0.4, -0.2) is 25.1 Å². The highest BCUT2D eigenvalue weighted by atomic mass is 19.1. The molecule has 0 saturated heterocycles. The number of benzene rings is 2. The molecule has 2 aromatic carbocycles. The molecule has 1 atom stereocenters. The molecule has 0 aromatic heterocycles. The molecule has 0 radical (unpaired) electrons. The third-order valence-electron chi connectivity index (χ3n) is 5.16. The van der Waals surface area contributed by atoms with Crippen LogP contribution in [-0.2, 0) is 11.3 Å². The van der Waals surface area contributed by atoms with Crippen molar-refractivity contribution in [3.63, 3.8) is 0 Å². The van der Waals surface area contributed by atoms with Crippen molar-refractivity contribution in [2.24, 2.45) is 0 Å². The van der Waals surface area contributed by atoms with Crippen LogP contribution in [0.15, 0.2) is 42.5 Å². The molecule has 0 bridgehead atoms. The lowest BCUT2D eigenvalue weighted by molar-refractivity contribution is -0.119. The summed E-state index contributed by atoms with van der Waals surface area (Å²) in [5.74, 6) is 0.885. The summed E-state index contributed by atoms with van der Waals surface area (Å²) in [6, 6.07) is 12.3. The van der Waals surface area contributed by atoms with Crippen molar-refractivity contribution < 1.29 is 13.9 Å². The van der Waals surface area contributed by atoms with Crippen LogP contribution in [0.5, 0.6) is 5.75 Å². The lowest BCUT2D eigenvalue weighted by Crippen LogP contribution is -2.54. The average molecular weight is 370 g/mol. The molecule has 5 heteroatoms. The second-order valence-electron chi connectivity index (χ2n) is 7.80. The zero-order valence-corrected chi connectivity index (χ0v) is 16.4. The van der Waals surface area contributed by atoms with Gasteiger partial charge in [0.2, 0.25) is 5.91 Å². The van der Waals surface area contributed by atoms with Crippen LogP contribution in [0.1, 0.15) is 44.2 Å².